The van der Waals surface area contributed by atoms with Crippen LogP contribution < -0.4 is 0 Å². The summed E-state index contributed by atoms with van der Waals surface area (Å²) in [7, 11) is 3.73. The molecule has 7 heteroatoms. The summed E-state index contributed by atoms with van der Waals surface area (Å²) in [6, 6.07) is -0.0224. The molecule has 7 nitrogen and oxygen atoms in total. The van der Waals surface area contributed by atoms with Gasteiger partial charge in [0.05, 0.1) is 30.9 Å². The molecule has 0 saturated carbocycles. The van der Waals surface area contributed by atoms with Crippen LogP contribution in [-0.2, 0) is 27.8 Å². The van der Waals surface area contributed by atoms with Gasteiger partial charge in [-0.1, -0.05) is 0 Å². The molecule has 1 aromatic rings. The molecule has 2 atom stereocenters. The van der Waals surface area contributed by atoms with Crippen LogP contribution in [0.15, 0.2) is 0 Å². The normalized spacial score (nSPS) is 24.2. The third-order valence-corrected chi connectivity index (χ3v) is 5.38. The average molecular weight is 334 g/mol. The van der Waals surface area contributed by atoms with Crippen LogP contribution in [0.4, 0.5) is 0 Å². The number of likely N-dealkylation sites (tertiary alicyclic amines) is 1. The third-order valence-electron chi connectivity index (χ3n) is 5.38. The van der Waals surface area contributed by atoms with Crippen molar-refractivity contribution >= 4 is 11.8 Å². The number of rotatable bonds is 3. The monoisotopic (exact) mass is 334 g/mol. The van der Waals surface area contributed by atoms with Gasteiger partial charge in [0.1, 0.15) is 0 Å². The Hall–Kier alpha value is -1.89. The van der Waals surface area contributed by atoms with Crippen LogP contribution in [0.5, 0.6) is 0 Å². The lowest BCUT2D eigenvalue weighted by Crippen LogP contribution is -2.43. The highest BCUT2D eigenvalue weighted by molar-refractivity contribution is 5.79. The Bertz CT molecular complexity index is 655. The van der Waals surface area contributed by atoms with Crippen molar-refractivity contribution < 1.29 is 14.3 Å². The number of ether oxygens (including phenoxy) is 1. The molecule has 0 aromatic carbocycles. The van der Waals surface area contributed by atoms with Crippen molar-refractivity contribution in [2.75, 3.05) is 26.7 Å². The Morgan fingerprint density at radius 2 is 2.04 bits per heavy atom. The van der Waals surface area contributed by atoms with E-state index in [1.54, 1.807) is 4.90 Å². The molecule has 2 aliphatic rings. The highest BCUT2D eigenvalue weighted by Crippen LogP contribution is 2.23. The molecule has 0 unspecified atom stereocenters. The second-order valence-electron chi connectivity index (χ2n) is 6.80. The molecule has 24 heavy (non-hydrogen) atoms. The van der Waals surface area contributed by atoms with Crippen LogP contribution in [0.2, 0.25) is 0 Å². The van der Waals surface area contributed by atoms with Gasteiger partial charge in [-0.3, -0.25) is 14.3 Å². The first-order valence-corrected chi connectivity index (χ1v) is 8.52. The number of aryl methyl sites for hydroxylation is 2. The first kappa shape index (κ1) is 17.0. The zero-order valence-corrected chi connectivity index (χ0v) is 14.9. The SMILES string of the molecule is Cc1nn(C)c(C)c1CCC(=O)N1C[C@@H]2OCCC(=O)N(C)[C@H]2C1. The Balaban J connectivity index is 1.61. The minimum Gasteiger partial charge on any atom is -0.374 e. The summed E-state index contributed by atoms with van der Waals surface area (Å²) in [5.41, 5.74) is 3.26. The van der Waals surface area contributed by atoms with E-state index in [2.05, 4.69) is 5.10 Å². The molecule has 0 aliphatic carbocycles. The molecule has 2 fully saturated rings. The molecule has 1 aromatic heterocycles. The Morgan fingerprint density at radius 3 is 2.71 bits per heavy atom. The third kappa shape index (κ3) is 3.05. The molecular formula is C17H26N4O3. The van der Waals surface area contributed by atoms with Gasteiger partial charge in [-0.25, -0.2) is 0 Å². The van der Waals surface area contributed by atoms with Gasteiger partial charge < -0.3 is 14.5 Å². The molecule has 0 spiro atoms. The minimum atomic E-state index is -0.0627. The van der Waals surface area contributed by atoms with Crippen LogP contribution in [-0.4, -0.2) is 70.3 Å². The lowest BCUT2D eigenvalue weighted by molar-refractivity contribution is -0.133. The summed E-state index contributed by atoms with van der Waals surface area (Å²) < 4.78 is 7.64. The summed E-state index contributed by atoms with van der Waals surface area (Å²) in [6.07, 6.45) is 1.53. The van der Waals surface area contributed by atoms with Gasteiger partial charge in [-0.2, -0.15) is 5.10 Å². The zero-order chi connectivity index (χ0) is 17.4. The second-order valence-corrected chi connectivity index (χ2v) is 6.80. The molecule has 2 saturated heterocycles. The molecular weight excluding hydrogens is 308 g/mol. The van der Waals surface area contributed by atoms with Crippen LogP contribution in [0.3, 0.4) is 0 Å². The topological polar surface area (TPSA) is 67.7 Å². The minimum absolute atomic E-state index is 0.0224. The van der Waals surface area contributed by atoms with E-state index in [0.717, 1.165) is 17.0 Å². The smallest absolute Gasteiger partial charge is 0.225 e. The first-order chi connectivity index (χ1) is 11.4. The quantitative estimate of drug-likeness (QED) is 0.804. The predicted octanol–water partition coefficient (Wildman–Crippen LogP) is 0.428. The Labute approximate surface area is 142 Å². The van der Waals surface area contributed by atoms with Gasteiger partial charge in [0.25, 0.3) is 0 Å². The van der Waals surface area contributed by atoms with Crippen LogP contribution in [0.1, 0.15) is 29.8 Å². The maximum Gasteiger partial charge on any atom is 0.225 e. The van der Waals surface area contributed by atoms with E-state index in [-0.39, 0.29) is 24.0 Å². The predicted molar refractivity (Wildman–Crippen MR) is 88.5 cm³/mol. The molecule has 3 rings (SSSR count). The molecule has 0 bridgehead atoms. The summed E-state index contributed by atoms with van der Waals surface area (Å²) in [5, 5.41) is 4.40. The van der Waals surface area contributed by atoms with Crippen molar-refractivity contribution in [3.05, 3.63) is 17.0 Å². The number of aromatic nitrogens is 2. The number of hydrogen-bond acceptors (Lipinski definition) is 4. The second kappa shape index (κ2) is 6.55. The fourth-order valence-corrected chi connectivity index (χ4v) is 3.72. The van der Waals surface area contributed by atoms with Gasteiger partial charge >= 0.3 is 0 Å². The maximum absolute atomic E-state index is 12.6. The van der Waals surface area contributed by atoms with Gasteiger partial charge in [0.15, 0.2) is 0 Å². The number of carbonyl (C=O) groups is 2. The molecule has 2 aliphatic heterocycles. The summed E-state index contributed by atoms with van der Waals surface area (Å²) in [6.45, 7) is 5.60. The number of nitrogens with zero attached hydrogens (tertiary/aromatic N) is 4. The standard InChI is InChI=1S/C17H26N4O3/c1-11-13(12(2)20(4)18-11)5-6-17(23)21-9-14-15(10-21)24-8-7-16(22)19(14)3/h14-15H,5-10H2,1-4H3/t14-,15-/m0/s1. The molecule has 0 N–H and O–H groups in total. The Kier molecular flexibility index (Phi) is 4.62. The van der Waals surface area contributed by atoms with E-state index in [1.165, 1.54) is 0 Å². The summed E-state index contributed by atoms with van der Waals surface area (Å²) in [4.78, 5) is 28.1. The largest absolute Gasteiger partial charge is 0.374 e. The van der Waals surface area contributed by atoms with Crippen molar-refractivity contribution in [3.63, 3.8) is 0 Å². The van der Waals surface area contributed by atoms with E-state index in [9.17, 15) is 9.59 Å². The molecule has 3 heterocycles. The number of fused-ring (bicyclic) bond motifs is 1. The maximum atomic E-state index is 12.6. The zero-order valence-electron chi connectivity index (χ0n) is 14.9. The van der Waals surface area contributed by atoms with Gasteiger partial charge in [0, 0.05) is 39.3 Å². The van der Waals surface area contributed by atoms with E-state index in [0.29, 0.717) is 39.0 Å². The van der Waals surface area contributed by atoms with Crippen molar-refractivity contribution in [2.24, 2.45) is 7.05 Å². The van der Waals surface area contributed by atoms with E-state index < -0.39 is 0 Å². The highest BCUT2D eigenvalue weighted by Gasteiger charge is 2.41. The van der Waals surface area contributed by atoms with Gasteiger partial charge in [-0.15, -0.1) is 0 Å². The number of carbonyl (C=O) groups excluding carboxylic acids is 2. The fourth-order valence-electron chi connectivity index (χ4n) is 3.72. The first-order valence-electron chi connectivity index (χ1n) is 8.52. The average Bonchev–Trinajstić information content (AvgIpc) is 3.03. The molecule has 2 amide bonds. The van der Waals surface area contributed by atoms with Crippen molar-refractivity contribution in [1.82, 2.24) is 19.6 Å². The fraction of sp³-hybridized carbons (Fsp3) is 0.706. The van der Waals surface area contributed by atoms with Gasteiger partial charge in [0.2, 0.25) is 11.8 Å². The Morgan fingerprint density at radius 1 is 1.29 bits per heavy atom. The van der Waals surface area contributed by atoms with E-state index >= 15 is 0 Å². The molecule has 132 valence electrons. The van der Waals surface area contributed by atoms with Crippen molar-refractivity contribution in [1.29, 1.82) is 0 Å². The lowest BCUT2D eigenvalue weighted by Gasteiger charge is -2.25. The van der Waals surface area contributed by atoms with E-state index in [4.69, 9.17) is 4.74 Å². The lowest BCUT2D eigenvalue weighted by atomic mass is 10.1. The van der Waals surface area contributed by atoms with Gasteiger partial charge in [-0.05, 0) is 25.8 Å². The number of likely N-dealkylation sites (N-methyl/N-ethyl adjacent to an activating group) is 1. The summed E-state index contributed by atoms with van der Waals surface area (Å²) >= 11 is 0. The number of hydrogen-bond donors (Lipinski definition) is 0. The van der Waals surface area contributed by atoms with E-state index in [1.807, 2.05) is 37.5 Å². The molecule has 0 radical (unpaired) electrons. The van der Waals surface area contributed by atoms with Crippen molar-refractivity contribution in [2.45, 2.75) is 45.3 Å². The van der Waals surface area contributed by atoms with Crippen LogP contribution in [0, 0.1) is 13.8 Å². The number of amides is 2. The van der Waals surface area contributed by atoms with Crippen molar-refractivity contribution in [3.8, 4) is 0 Å². The highest BCUT2D eigenvalue weighted by atomic mass is 16.5. The summed E-state index contributed by atoms with van der Waals surface area (Å²) in [5.74, 6) is 0.216. The van der Waals surface area contributed by atoms with Crippen LogP contribution in [0.25, 0.3) is 0 Å². The van der Waals surface area contributed by atoms with Crippen LogP contribution >= 0.6 is 0 Å².